The molecule has 1 aromatic heterocycles. The van der Waals surface area contributed by atoms with E-state index in [4.69, 9.17) is 9.72 Å². The predicted molar refractivity (Wildman–Crippen MR) is 167 cm³/mol. The second-order valence-electron chi connectivity index (χ2n) is 12.0. The Morgan fingerprint density at radius 2 is 1.88 bits per heavy atom. The van der Waals surface area contributed by atoms with Crippen molar-refractivity contribution in [3.05, 3.63) is 51.5 Å². The van der Waals surface area contributed by atoms with Crippen molar-refractivity contribution in [2.45, 2.75) is 111 Å². The lowest BCUT2D eigenvalue weighted by Gasteiger charge is -2.37. The van der Waals surface area contributed by atoms with Crippen LogP contribution >= 0.6 is 11.3 Å². The lowest BCUT2D eigenvalue weighted by Crippen LogP contribution is -2.45. The number of rotatable bonds is 16. The number of carbonyl (C=O) groups excluding carboxylic acids is 2. The van der Waals surface area contributed by atoms with Gasteiger partial charge in [-0.15, -0.1) is 11.3 Å². The lowest BCUT2D eigenvalue weighted by atomic mass is 9.80. The monoisotopic (exact) mass is 599 g/mol. The third kappa shape index (κ3) is 8.86. The van der Waals surface area contributed by atoms with Crippen LogP contribution < -0.4 is 5.32 Å². The van der Waals surface area contributed by atoms with Crippen molar-refractivity contribution in [2.24, 2.45) is 11.8 Å². The highest BCUT2D eigenvalue weighted by molar-refractivity contribution is 7.09. The zero-order chi connectivity index (χ0) is 30.8. The van der Waals surface area contributed by atoms with Crippen LogP contribution in [0.25, 0.3) is 0 Å². The van der Waals surface area contributed by atoms with Crippen LogP contribution in [0.4, 0.5) is 0 Å². The Labute approximate surface area is 255 Å². The predicted octanol–water partition coefficient (Wildman–Crippen LogP) is 6.61. The fourth-order valence-electron chi connectivity index (χ4n) is 5.72. The number of aromatic nitrogens is 1. The minimum absolute atomic E-state index is 0.0141. The summed E-state index contributed by atoms with van der Waals surface area (Å²) in [5.41, 5.74) is 2.08. The van der Waals surface area contributed by atoms with Crippen molar-refractivity contribution in [1.29, 1.82) is 0 Å². The third-order valence-electron chi connectivity index (χ3n) is 8.23. The van der Waals surface area contributed by atoms with E-state index in [1.807, 2.05) is 29.2 Å². The van der Waals surface area contributed by atoms with Crippen LogP contribution in [0.1, 0.15) is 119 Å². The van der Waals surface area contributed by atoms with Crippen LogP contribution in [-0.4, -0.2) is 58.0 Å². The average Bonchev–Trinajstić information content (AvgIpc) is 3.46. The number of benzene rings is 1. The van der Waals surface area contributed by atoms with E-state index in [0.717, 1.165) is 35.4 Å². The molecule has 3 unspecified atom stereocenters. The summed E-state index contributed by atoms with van der Waals surface area (Å²) >= 11 is 1.40. The molecule has 8 nitrogen and oxygen atoms in total. The summed E-state index contributed by atoms with van der Waals surface area (Å²) in [6, 6.07) is 7.24. The van der Waals surface area contributed by atoms with Gasteiger partial charge in [0.25, 0.3) is 5.91 Å². The van der Waals surface area contributed by atoms with Gasteiger partial charge in [0.1, 0.15) is 16.8 Å². The van der Waals surface area contributed by atoms with Gasteiger partial charge < -0.3 is 20.1 Å². The summed E-state index contributed by atoms with van der Waals surface area (Å²) in [5, 5.41) is 15.3. The molecule has 0 saturated carbocycles. The molecule has 3 rings (SSSR count). The SMILES string of the molecule is CCCOC(CC(C(C)C)N(CCC)C(=O)C[C@@H](C)CC)c1nc(C(=O)NC2Cc3ccccc3[C@H](C(=O)O)C2)cs1. The molecule has 0 spiro atoms. The Bertz CT molecular complexity index is 1180. The molecule has 0 radical (unpaired) electrons. The highest BCUT2D eigenvalue weighted by atomic mass is 32.1. The minimum atomic E-state index is -0.882. The molecule has 1 aromatic carbocycles. The molecule has 1 aliphatic rings. The highest BCUT2D eigenvalue weighted by Gasteiger charge is 2.34. The molecule has 1 heterocycles. The summed E-state index contributed by atoms with van der Waals surface area (Å²) in [6.07, 6.45) is 4.43. The summed E-state index contributed by atoms with van der Waals surface area (Å²) < 4.78 is 6.30. The number of nitrogens with zero attached hydrogens (tertiary/aromatic N) is 2. The molecule has 1 aliphatic carbocycles. The van der Waals surface area contributed by atoms with Gasteiger partial charge in [0, 0.05) is 43.5 Å². The normalized spacial score (nSPS) is 18.6. The van der Waals surface area contributed by atoms with Gasteiger partial charge in [0.2, 0.25) is 5.91 Å². The van der Waals surface area contributed by atoms with Gasteiger partial charge in [-0.05, 0) is 48.6 Å². The van der Waals surface area contributed by atoms with Gasteiger partial charge in [-0.1, -0.05) is 72.2 Å². The maximum absolute atomic E-state index is 13.4. The molecule has 0 fully saturated rings. The van der Waals surface area contributed by atoms with Crippen LogP contribution in [0.5, 0.6) is 0 Å². The second kappa shape index (κ2) is 16.2. The number of carboxylic acids is 1. The Hall–Kier alpha value is -2.78. The van der Waals surface area contributed by atoms with E-state index in [-0.39, 0.29) is 35.9 Å². The second-order valence-corrected chi connectivity index (χ2v) is 12.9. The van der Waals surface area contributed by atoms with E-state index in [0.29, 0.717) is 50.4 Å². The van der Waals surface area contributed by atoms with Crippen LogP contribution in [0.3, 0.4) is 0 Å². The topological polar surface area (TPSA) is 109 Å². The van der Waals surface area contributed by atoms with E-state index in [1.165, 1.54) is 11.3 Å². The molecule has 9 heteroatoms. The van der Waals surface area contributed by atoms with Crippen LogP contribution in [0.15, 0.2) is 29.6 Å². The van der Waals surface area contributed by atoms with Crippen molar-refractivity contribution in [2.75, 3.05) is 13.2 Å². The number of amides is 2. The number of hydrogen-bond donors (Lipinski definition) is 2. The number of carboxylic acid groups (broad SMARTS) is 1. The van der Waals surface area contributed by atoms with Crippen molar-refractivity contribution < 1.29 is 24.2 Å². The first-order valence-corrected chi connectivity index (χ1v) is 16.4. The average molecular weight is 600 g/mol. The van der Waals surface area contributed by atoms with Gasteiger partial charge in [-0.2, -0.15) is 0 Å². The number of carbonyl (C=O) groups is 3. The molecule has 2 amide bonds. The first-order valence-electron chi connectivity index (χ1n) is 15.6. The molecule has 5 atom stereocenters. The van der Waals surface area contributed by atoms with Crippen molar-refractivity contribution >= 4 is 29.1 Å². The molecular weight excluding hydrogens is 550 g/mol. The van der Waals surface area contributed by atoms with E-state index in [1.54, 1.807) is 5.38 Å². The van der Waals surface area contributed by atoms with Crippen molar-refractivity contribution in [3.8, 4) is 0 Å². The van der Waals surface area contributed by atoms with Gasteiger partial charge in [-0.25, -0.2) is 4.98 Å². The van der Waals surface area contributed by atoms with Crippen molar-refractivity contribution in [1.82, 2.24) is 15.2 Å². The number of aliphatic carboxylic acids is 1. The first-order chi connectivity index (χ1) is 20.1. The van der Waals surface area contributed by atoms with E-state index >= 15 is 0 Å². The maximum atomic E-state index is 13.4. The molecule has 2 aromatic rings. The summed E-state index contributed by atoms with van der Waals surface area (Å²) in [6.45, 7) is 13.9. The summed E-state index contributed by atoms with van der Waals surface area (Å²) in [4.78, 5) is 45.4. The molecule has 0 aliphatic heterocycles. The van der Waals surface area contributed by atoms with Crippen LogP contribution in [0, 0.1) is 11.8 Å². The van der Waals surface area contributed by atoms with Gasteiger partial charge >= 0.3 is 5.97 Å². The summed E-state index contributed by atoms with van der Waals surface area (Å²) in [7, 11) is 0. The minimum Gasteiger partial charge on any atom is -0.481 e. The number of ether oxygens (including phenoxy) is 1. The fourth-order valence-corrected chi connectivity index (χ4v) is 6.58. The highest BCUT2D eigenvalue weighted by Crippen LogP contribution is 2.33. The van der Waals surface area contributed by atoms with Crippen LogP contribution in [0.2, 0.25) is 0 Å². The van der Waals surface area contributed by atoms with Crippen LogP contribution in [-0.2, 0) is 20.7 Å². The lowest BCUT2D eigenvalue weighted by molar-refractivity contribution is -0.139. The Balaban J connectivity index is 1.78. The van der Waals surface area contributed by atoms with Gasteiger partial charge in [0.15, 0.2) is 0 Å². The number of hydrogen-bond acceptors (Lipinski definition) is 6. The smallest absolute Gasteiger partial charge is 0.311 e. The molecule has 0 saturated heterocycles. The maximum Gasteiger partial charge on any atom is 0.311 e. The number of nitrogens with one attached hydrogen (secondary N) is 1. The number of thiazole rings is 1. The Kier molecular flexibility index (Phi) is 13.0. The van der Waals surface area contributed by atoms with Gasteiger partial charge in [-0.3, -0.25) is 14.4 Å². The molecule has 2 N–H and O–H groups in total. The number of fused-ring (bicyclic) bond motifs is 1. The van der Waals surface area contributed by atoms with Gasteiger partial charge in [0.05, 0.1) is 5.92 Å². The molecule has 42 heavy (non-hydrogen) atoms. The van der Waals surface area contributed by atoms with E-state index in [9.17, 15) is 19.5 Å². The Morgan fingerprint density at radius 1 is 1.14 bits per heavy atom. The Morgan fingerprint density at radius 3 is 2.52 bits per heavy atom. The van der Waals surface area contributed by atoms with E-state index < -0.39 is 11.9 Å². The summed E-state index contributed by atoms with van der Waals surface area (Å²) in [5.74, 6) is -1.10. The zero-order valence-corrected chi connectivity index (χ0v) is 26.9. The molecule has 232 valence electrons. The fraction of sp³-hybridized carbons (Fsp3) is 0.636. The largest absolute Gasteiger partial charge is 0.481 e. The third-order valence-corrected chi connectivity index (χ3v) is 9.17. The van der Waals surface area contributed by atoms with E-state index in [2.05, 4.69) is 46.9 Å². The zero-order valence-electron chi connectivity index (χ0n) is 26.1. The quantitative estimate of drug-likeness (QED) is 0.225. The molecule has 0 bridgehead atoms. The first kappa shape index (κ1) is 33.7. The van der Waals surface area contributed by atoms with Crippen molar-refractivity contribution in [3.63, 3.8) is 0 Å². The standard InChI is InChI=1S/C33H49N3O5S/c1-7-14-36(30(37)16-22(6)9-3)28(21(4)5)19-29(41-15-8-2)32-35-27(20-42-32)31(38)34-24-17-23-12-10-11-13-25(23)26(18-24)33(39)40/h10-13,20-22,24,26,28-29H,7-9,14-19H2,1-6H3,(H,34,38)(H,39,40)/t22-,24?,26+,28?,29?/m0/s1. The molecular formula is C33H49N3O5S.